The van der Waals surface area contributed by atoms with Crippen molar-refractivity contribution in [2.24, 2.45) is 17.3 Å². The van der Waals surface area contributed by atoms with Crippen LogP contribution in [-0.2, 0) is 4.74 Å². The first-order valence-electron chi connectivity index (χ1n) is 6.53. The number of allylic oxidation sites excluding steroid dienone is 1. The van der Waals surface area contributed by atoms with Crippen molar-refractivity contribution in [3.05, 3.63) is 47.5 Å². The van der Waals surface area contributed by atoms with Crippen molar-refractivity contribution in [3.63, 3.8) is 0 Å². The molecule has 17 heavy (non-hydrogen) atoms. The van der Waals surface area contributed by atoms with E-state index in [1.807, 2.05) is 0 Å². The number of benzene rings is 1. The van der Waals surface area contributed by atoms with E-state index in [1.54, 1.807) is 0 Å². The molecule has 0 radical (unpaired) electrons. The van der Waals surface area contributed by atoms with Gasteiger partial charge in [-0.1, -0.05) is 43.3 Å². The molecular weight excluding hydrogens is 208 g/mol. The van der Waals surface area contributed by atoms with E-state index < -0.39 is 0 Å². The predicted octanol–water partition coefficient (Wildman–Crippen LogP) is 4.03. The molecule has 1 aromatic rings. The average Bonchev–Trinajstić information content (AvgIpc) is 2.80. The fourth-order valence-electron chi connectivity index (χ4n) is 4.32. The van der Waals surface area contributed by atoms with Crippen molar-refractivity contribution in [1.82, 2.24) is 0 Å². The zero-order valence-electron chi connectivity index (χ0n) is 10.4. The molecule has 1 saturated carbocycles. The molecule has 0 aromatic heterocycles. The molecule has 88 valence electrons. The maximum absolute atomic E-state index is 6.23. The molecule has 2 heterocycles. The summed E-state index contributed by atoms with van der Waals surface area (Å²) >= 11 is 0. The molecule has 2 fully saturated rings. The Morgan fingerprint density at radius 2 is 1.94 bits per heavy atom. The third-order valence-corrected chi connectivity index (χ3v) is 5.45. The molecule has 1 nitrogen and oxygen atoms in total. The summed E-state index contributed by atoms with van der Waals surface area (Å²) in [4.78, 5) is 0. The quantitative estimate of drug-likeness (QED) is 0.657. The van der Waals surface area contributed by atoms with Crippen molar-refractivity contribution >= 4 is 0 Å². The lowest BCUT2D eigenvalue weighted by Gasteiger charge is -2.54. The Hall–Kier alpha value is -1.08. The van der Waals surface area contributed by atoms with E-state index in [2.05, 4.69) is 44.7 Å². The zero-order chi connectivity index (χ0) is 11.8. The van der Waals surface area contributed by atoms with Gasteiger partial charge in [-0.2, -0.15) is 0 Å². The number of rotatable bonds is 1. The highest BCUT2D eigenvalue weighted by atomic mass is 16.5. The summed E-state index contributed by atoms with van der Waals surface area (Å²) in [5.74, 6) is 1.40. The van der Waals surface area contributed by atoms with Gasteiger partial charge in [0, 0.05) is 5.92 Å². The Balaban J connectivity index is 1.81. The fourth-order valence-corrected chi connectivity index (χ4v) is 4.32. The SMILES string of the molecule is C=C(C)[C@@]1(C)C[C@@H]2[C@H]1[C@@H]1O[C@H]2c2ccccc21. The fraction of sp³-hybridized carbons (Fsp3) is 0.500. The minimum atomic E-state index is 0.303. The monoisotopic (exact) mass is 226 g/mol. The van der Waals surface area contributed by atoms with Crippen LogP contribution in [0.5, 0.6) is 0 Å². The van der Waals surface area contributed by atoms with Crippen molar-refractivity contribution < 1.29 is 4.74 Å². The van der Waals surface area contributed by atoms with Crippen LogP contribution in [0.25, 0.3) is 0 Å². The molecule has 2 bridgehead atoms. The molecule has 0 N–H and O–H groups in total. The van der Waals surface area contributed by atoms with E-state index in [0.717, 1.165) is 5.92 Å². The average molecular weight is 226 g/mol. The molecule has 1 aromatic carbocycles. The molecule has 1 saturated heterocycles. The second-order valence-corrected chi connectivity index (χ2v) is 6.20. The van der Waals surface area contributed by atoms with Crippen molar-refractivity contribution in [2.45, 2.75) is 32.5 Å². The van der Waals surface area contributed by atoms with Gasteiger partial charge >= 0.3 is 0 Å². The van der Waals surface area contributed by atoms with Gasteiger partial charge in [0.05, 0.1) is 12.2 Å². The van der Waals surface area contributed by atoms with Gasteiger partial charge in [-0.15, -0.1) is 0 Å². The van der Waals surface area contributed by atoms with Crippen LogP contribution >= 0.6 is 0 Å². The van der Waals surface area contributed by atoms with E-state index in [-0.39, 0.29) is 0 Å². The van der Waals surface area contributed by atoms with Crippen LogP contribution in [0.4, 0.5) is 0 Å². The summed E-state index contributed by atoms with van der Waals surface area (Å²) in [6.45, 7) is 8.73. The van der Waals surface area contributed by atoms with Gasteiger partial charge in [0.1, 0.15) is 0 Å². The van der Waals surface area contributed by atoms with Crippen molar-refractivity contribution in [1.29, 1.82) is 0 Å². The van der Waals surface area contributed by atoms with Crippen LogP contribution in [-0.4, -0.2) is 0 Å². The molecular formula is C16H18O. The summed E-state index contributed by atoms with van der Waals surface area (Å²) in [6, 6.07) is 8.75. The van der Waals surface area contributed by atoms with Crippen LogP contribution in [0.15, 0.2) is 36.4 Å². The summed E-state index contributed by atoms with van der Waals surface area (Å²) in [6.07, 6.45) is 1.95. The third-order valence-electron chi connectivity index (χ3n) is 5.45. The Morgan fingerprint density at radius 1 is 1.29 bits per heavy atom. The van der Waals surface area contributed by atoms with Crippen molar-refractivity contribution in [2.75, 3.05) is 0 Å². The Bertz CT molecular complexity index is 518. The van der Waals surface area contributed by atoms with Gasteiger partial charge in [0.25, 0.3) is 0 Å². The zero-order valence-corrected chi connectivity index (χ0v) is 10.4. The molecule has 0 unspecified atom stereocenters. The Morgan fingerprint density at radius 3 is 2.59 bits per heavy atom. The topological polar surface area (TPSA) is 9.23 Å². The highest BCUT2D eigenvalue weighted by Crippen LogP contribution is 2.72. The minimum Gasteiger partial charge on any atom is -0.365 e. The van der Waals surface area contributed by atoms with Crippen LogP contribution in [0.3, 0.4) is 0 Å². The molecule has 5 atom stereocenters. The number of hydrogen-bond donors (Lipinski definition) is 0. The summed E-state index contributed by atoms with van der Waals surface area (Å²) in [5, 5.41) is 0. The van der Waals surface area contributed by atoms with E-state index in [4.69, 9.17) is 4.74 Å². The van der Waals surface area contributed by atoms with Crippen LogP contribution < -0.4 is 0 Å². The second-order valence-electron chi connectivity index (χ2n) is 6.20. The van der Waals surface area contributed by atoms with E-state index in [9.17, 15) is 0 Å². The number of fused-ring (bicyclic) bond motifs is 8. The third kappa shape index (κ3) is 0.961. The first-order chi connectivity index (χ1) is 8.13. The van der Waals surface area contributed by atoms with Crippen LogP contribution in [0, 0.1) is 17.3 Å². The summed E-state index contributed by atoms with van der Waals surface area (Å²) in [5.41, 5.74) is 4.51. The summed E-state index contributed by atoms with van der Waals surface area (Å²) < 4.78 is 6.23. The Labute approximate surface area is 102 Å². The normalized spacial score (nSPS) is 45.1. The molecule has 0 amide bonds. The van der Waals surface area contributed by atoms with Gasteiger partial charge in [-0.3, -0.25) is 0 Å². The maximum Gasteiger partial charge on any atom is 0.0877 e. The standard InChI is InChI=1S/C16H18O/c1-9(2)16(3)8-12-13(16)15-11-7-5-4-6-10(11)14(12)17-15/h4-7,12-15H,1,8H2,2-3H3/t12-,13+,14+,15-,16-/m1/s1. The van der Waals surface area contributed by atoms with Gasteiger partial charge in [0.15, 0.2) is 0 Å². The van der Waals surface area contributed by atoms with Gasteiger partial charge in [-0.05, 0) is 35.8 Å². The lowest BCUT2D eigenvalue weighted by molar-refractivity contribution is 0.00347. The molecule has 2 aliphatic heterocycles. The molecule has 0 spiro atoms. The largest absolute Gasteiger partial charge is 0.365 e. The van der Waals surface area contributed by atoms with E-state index >= 15 is 0 Å². The van der Waals surface area contributed by atoms with Gasteiger partial charge in [-0.25, -0.2) is 0 Å². The van der Waals surface area contributed by atoms with Crippen molar-refractivity contribution in [3.8, 4) is 0 Å². The number of ether oxygens (including phenoxy) is 1. The first kappa shape index (κ1) is 9.90. The Kier molecular flexibility index (Phi) is 1.65. The van der Waals surface area contributed by atoms with Gasteiger partial charge < -0.3 is 4.74 Å². The van der Waals surface area contributed by atoms with E-state index in [1.165, 1.54) is 23.1 Å². The highest BCUT2D eigenvalue weighted by molar-refractivity contribution is 5.42. The minimum absolute atomic E-state index is 0.303. The van der Waals surface area contributed by atoms with Gasteiger partial charge in [0.2, 0.25) is 0 Å². The predicted molar refractivity (Wildman–Crippen MR) is 67.5 cm³/mol. The molecule has 1 heteroatoms. The first-order valence-corrected chi connectivity index (χ1v) is 6.53. The smallest absolute Gasteiger partial charge is 0.0877 e. The lowest BCUT2D eigenvalue weighted by atomic mass is 9.47. The summed E-state index contributed by atoms with van der Waals surface area (Å²) in [7, 11) is 0. The highest BCUT2D eigenvalue weighted by Gasteiger charge is 2.65. The lowest BCUT2D eigenvalue weighted by Crippen LogP contribution is -2.48. The molecule has 3 aliphatic rings. The molecule has 1 aliphatic carbocycles. The maximum atomic E-state index is 6.23. The number of hydrogen-bond acceptors (Lipinski definition) is 1. The van der Waals surface area contributed by atoms with Crippen LogP contribution in [0.2, 0.25) is 0 Å². The van der Waals surface area contributed by atoms with Crippen LogP contribution in [0.1, 0.15) is 43.6 Å². The second kappa shape index (κ2) is 2.84. The molecule has 4 rings (SSSR count). The van der Waals surface area contributed by atoms with E-state index in [0.29, 0.717) is 23.5 Å².